The highest BCUT2D eigenvalue weighted by Gasteiger charge is 2.06. The zero-order chi connectivity index (χ0) is 7.72. The van der Waals surface area contributed by atoms with Crippen molar-refractivity contribution >= 4 is 15.9 Å². The smallest absolute Gasteiger partial charge is 0.169 e. The third-order valence-corrected chi connectivity index (χ3v) is 1.79. The summed E-state index contributed by atoms with van der Waals surface area (Å²) in [6.45, 7) is 3.37. The second-order valence-corrected chi connectivity index (χ2v) is 2.72. The van der Waals surface area contributed by atoms with Gasteiger partial charge in [0.15, 0.2) is 11.6 Å². The lowest BCUT2D eigenvalue weighted by Gasteiger charge is -1.99. The third-order valence-electron chi connectivity index (χ3n) is 1.15. The molecule has 0 atom stereocenters. The topological polar surface area (TPSA) is 20.2 Å². The molecule has 1 nitrogen and oxygen atoms in total. The lowest BCUT2D eigenvalue weighted by molar-refractivity contribution is 0.428. The van der Waals surface area contributed by atoms with Gasteiger partial charge < -0.3 is 5.11 Å². The van der Waals surface area contributed by atoms with Crippen molar-refractivity contribution in [3.05, 3.63) is 34.9 Å². The van der Waals surface area contributed by atoms with Gasteiger partial charge in [-0.3, -0.25) is 0 Å². The van der Waals surface area contributed by atoms with E-state index in [0.29, 0.717) is 4.47 Å². The average molecular weight is 204 g/mol. The molecule has 1 rings (SSSR count). The number of hydrogen-bond acceptors (Lipinski definition) is 1. The summed E-state index contributed by atoms with van der Waals surface area (Å²) in [5.41, 5.74) is 0.195. The number of phenolic OH excluding ortho intramolecular Hbond substituents is 1. The molecule has 0 saturated carbocycles. The van der Waals surface area contributed by atoms with Crippen LogP contribution in [0.5, 0.6) is 5.75 Å². The SMILES string of the molecule is [CH2]c1ccc(Br)c(O)c1F. The van der Waals surface area contributed by atoms with Crippen LogP contribution in [-0.2, 0) is 0 Å². The van der Waals surface area contributed by atoms with Crippen LogP contribution in [0.1, 0.15) is 5.56 Å². The standard InChI is InChI=1S/C7H5BrFO/c1-4-2-3-5(8)7(10)6(4)9/h2-3,10H,1H2. The maximum Gasteiger partial charge on any atom is 0.169 e. The fourth-order valence-corrected chi connectivity index (χ4v) is 0.889. The van der Waals surface area contributed by atoms with Gasteiger partial charge in [0.2, 0.25) is 0 Å². The molecule has 0 saturated heterocycles. The van der Waals surface area contributed by atoms with Crippen molar-refractivity contribution in [3.8, 4) is 5.75 Å². The molecular weight excluding hydrogens is 199 g/mol. The van der Waals surface area contributed by atoms with Gasteiger partial charge in [-0.1, -0.05) is 6.07 Å². The lowest BCUT2D eigenvalue weighted by atomic mass is 10.2. The maximum absolute atomic E-state index is 12.6. The van der Waals surface area contributed by atoms with Crippen LogP contribution in [0.3, 0.4) is 0 Å². The molecule has 53 valence electrons. The Kier molecular flexibility index (Phi) is 1.94. The Hall–Kier alpha value is -0.570. The first-order valence-corrected chi connectivity index (χ1v) is 3.41. The molecule has 0 aliphatic heterocycles. The number of phenols is 1. The monoisotopic (exact) mass is 203 g/mol. The summed E-state index contributed by atoms with van der Waals surface area (Å²) in [6.07, 6.45) is 0. The molecule has 3 heteroatoms. The number of hydrogen-bond donors (Lipinski definition) is 1. The quantitative estimate of drug-likeness (QED) is 0.688. The molecule has 10 heavy (non-hydrogen) atoms. The van der Waals surface area contributed by atoms with E-state index < -0.39 is 5.82 Å². The zero-order valence-electron chi connectivity index (χ0n) is 5.06. The largest absolute Gasteiger partial charge is 0.504 e. The summed E-state index contributed by atoms with van der Waals surface area (Å²) in [6, 6.07) is 3.03. The first-order chi connectivity index (χ1) is 4.63. The van der Waals surface area contributed by atoms with Crippen LogP contribution in [0.25, 0.3) is 0 Å². The highest BCUT2D eigenvalue weighted by molar-refractivity contribution is 9.10. The molecule has 1 aromatic rings. The molecule has 0 spiro atoms. The second-order valence-electron chi connectivity index (χ2n) is 1.87. The normalized spacial score (nSPS) is 9.90. The van der Waals surface area contributed by atoms with E-state index in [1.165, 1.54) is 6.07 Å². The van der Waals surface area contributed by atoms with Crippen molar-refractivity contribution in [2.45, 2.75) is 0 Å². The van der Waals surface area contributed by atoms with Gasteiger partial charge in [0.25, 0.3) is 0 Å². The maximum atomic E-state index is 12.6. The van der Waals surface area contributed by atoms with Crippen molar-refractivity contribution < 1.29 is 9.50 Å². The molecule has 0 aliphatic rings. The summed E-state index contributed by atoms with van der Waals surface area (Å²) in [5, 5.41) is 8.93. The fourth-order valence-electron chi connectivity index (χ4n) is 0.583. The van der Waals surface area contributed by atoms with Crippen molar-refractivity contribution in [1.82, 2.24) is 0 Å². The van der Waals surface area contributed by atoms with Crippen molar-refractivity contribution in [1.29, 1.82) is 0 Å². The molecule has 1 radical (unpaired) electrons. The van der Waals surface area contributed by atoms with Crippen LogP contribution in [0.2, 0.25) is 0 Å². The van der Waals surface area contributed by atoms with Gasteiger partial charge >= 0.3 is 0 Å². The van der Waals surface area contributed by atoms with Gasteiger partial charge in [-0.25, -0.2) is 4.39 Å². The Morgan fingerprint density at radius 1 is 1.50 bits per heavy atom. The van der Waals surface area contributed by atoms with Gasteiger partial charge in [0.1, 0.15) is 0 Å². The summed E-state index contributed by atoms with van der Waals surface area (Å²) >= 11 is 2.96. The predicted molar refractivity (Wildman–Crippen MR) is 40.2 cm³/mol. The summed E-state index contributed by atoms with van der Waals surface area (Å²) in [5.74, 6) is -1.05. The van der Waals surface area contributed by atoms with E-state index in [-0.39, 0.29) is 11.3 Å². The number of halogens is 2. The van der Waals surface area contributed by atoms with E-state index in [2.05, 4.69) is 22.9 Å². The molecule has 0 aliphatic carbocycles. The Morgan fingerprint density at radius 2 is 2.10 bits per heavy atom. The van der Waals surface area contributed by atoms with Gasteiger partial charge in [0.05, 0.1) is 4.47 Å². The molecule has 0 fully saturated rings. The van der Waals surface area contributed by atoms with E-state index in [1.54, 1.807) is 6.07 Å². The van der Waals surface area contributed by atoms with Gasteiger partial charge in [0, 0.05) is 0 Å². The van der Waals surface area contributed by atoms with E-state index in [0.717, 1.165) is 0 Å². The van der Waals surface area contributed by atoms with E-state index in [1.807, 2.05) is 0 Å². The minimum absolute atomic E-state index is 0.195. The highest BCUT2D eigenvalue weighted by Crippen LogP contribution is 2.28. The van der Waals surface area contributed by atoms with Crippen LogP contribution in [-0.4, -0.2) is 5.11 Å². The Morgan fingerprint density at radius 3 is 2.60 bits per heavy atom. The van der Waals surface area contributed by atoms with Crippen molar-refractivity contribution in [2.24, 2.45) is 0 Å². The lowest BCUT2D eigenvalue weighted by Crippen LogP contribution is -1.82. The molecule has 0 heterocycles. The highest BCUT2D eigenvalue weighted by atomic mass is 79.9. The molecule has 0 bridgehead atoms. The minimum Gasteiger partial charge on any atom is -0.504 e. The summed E-state index contributed by atoms with van der Waals surface area (Å²) in [7, 11) is 0. The minimum atomic E-state index is -0.672. The van der Waals surface area contributed by atoms with E-state index in [9.17, 15) is 4.39 Å². The summed E-state index contributed by atoms with van der Waals surface area (Å²) in [4.78, 5) is 0. The molecule has 1 N–H and O–H groups in total. The van der Waals surface area contributed by atoms with E-state index in [4.69, 9.17) is 5.11 Å². The number of benzene rings is 1. The number of rotatable bonds is 0. The zero-order valence-corrected chi connectivity index (χ0v) is 6.65. The van der Waals surface area contributed by atoms with Gasteiger partial charge in [-0.05, 0) is 34.5 Å². The van der Waals surface area contributed by atoms with Crippen LogP contribution in [0.15, 0.2) is 16.6 Å². The van der Waals surface area contributed by atoms with Crippen LogP contribution < -0.4 is 0 Å². The fraction of sp³-hybridized carbons (Fsp3) is 0. The summed E-state index contributed by atoms with van der Waals surface area (Å²) < 4.78 is 13.0. The van der Waals surface area contributed by atoms with Crippen LogP contribution >= 0.6 is 15.9 Å². The predicted octanol–water partition coefficient (Wildman–Crippen LogP) is 2.48. The van der Waals surface area contributed by atoms with Crippen LogP contribution in [0.4, 0.5) is 4.39 Å². The second kappa shape index (κ2) is 2.58. The Balaban J connectivity index is 3.34. The molecule has 0 amide bonds. The molecule has 0 unspecified atom stereocenters. The number of aromatic hydroxyl groups is 1. The van der Waals surface area contributed by atoms with Crippen molar-refractivity contribution in [3.63, 3.8) is 0 Å². The molecular formula is C7H5BrFO. The first kappa shape index (κ1) is 7.54. The van der Waals surface area contributed by atoms with Crippen LogP contribution in [0, 0.1) is 12.7 Å². The Bertz CT molecular complexity index is 233. The third kappa shape index (κ3) is 1.14. The van der Waals surface area contributed by atoms with Gasteiger partial charge in [-0.2, -0.15) is 0 Å². The van der Waals surface area contributed by atoms with Crippen molar-refractivity contribution in [2.75, 3.05) is 0 Å². The van der Waals surface area contributed by atoms with E-state index >= 15 is 0 Å². The molecule has 0 aromatic heterocycles. The van der Waals surface area contributed by atoms with Gasteiger partial charge in [-0.15, -0.1) is 0 Å². The first-order valence-electron chi connectivity index (χ1n) is 2.62. The molecule has 1 aromatic carbocycles. The average Bonchev–Trinajstić information content (AvgIpc) is 1.93. The Labute approximate surface area is 66.6 Å².